The number of hydroxylamine groups is 1. The molecule has 9 nitrogen and oxygen atoms in total. The third kappa shape index (κ3) is 2.40. The Morgan fingerprint density at radius 1 is 1.45 bits per heavy atom. The van der Waals surface area contributed by atoms with Gasteiger partial charge >= 0.3 is 5.97 Å². The Balaban J connectivity index is 2.39. The molecule has 0 aliphatic carbocycles. The van der Waals surface area contributed by atoms with E-state index in [0.29, 0.717) is 0 Å². The highest BCUT2D eigenvalue weighted by Crippen LogP contribution is 2.23. The number of carboxylic acid groups (broad SMARTS) is 1. The number of hydrogen-bond donors (Lipinski definition) is 4. The molecule has 0 bridgehead atoms. The fraction of sp³-hybridized carbons (Fsp3) is 0.400. The lowest BCUT2D eigenvalue weighted by Crippen LogP contribution is -2.41. The van der Waals surface area contributed by atoms with E-state index in [2.05, 4.69) is 14.5 Å². The molecule has 1 saturated heterocycles. The summed E-state index contributed by atoms with van der Waals surface area (Å²) in [7, 11) is -4.04. The maximum absolute atomic E-state index is 12.3. The zero-order valence-electron chi connectivity index (χ0n) is 10.7. The first-order valence-electron chi connectivity index (χ1n) is 5.60. The van der Waals surface area contributed by atoms with Gasteiger partial charge in [-0.1, -0.05) is 0 Å². The van der Waals surface area contributed by atoms with Crippen molar-refractivity contribution in [1.82, 2.24) is 15.2 Å². The van der Waals surface area contributed by atoms with Gasteiger partial charge in [0.05, 0.1) is 0 Å². The second-order valence-corrected chi connectivity index (χ2v) is 5.99. The molecule has 4 N–H and O–H groups in total. The molecular formula is C10H13N3O6S. The molecule has 1 aliphatic rings. The number of aryl methyl sites for hydroxylation is 1. The average Bonchev–Trinajstić information content (AvgIpc) is 2.83. The Kier molecular flexibility index (Phi) is 3.54. The SMILES string of the molecule is Cc1[nH]c(C(=O)O)c(C)c1S(=O)(=O)N[C@@H]1CONC1=O. The minimum Gasteiger partial charge on any atom is -0.477 e. The van der Waals surface area contributed by atoms with Crippen molar-refractivity contribution < 1.29 is 28.0 Å². The topological polar surface area (TPSA) is 138 Å². The first-order chi connectivity index (χ1) is 9.24. The number of aromatic amines is 1. The number of carbonyl (C=O) groups is 2. The van der Waals surface area contributed by atoms with Crippen molar-refractivity contribution in [2.45, 2.75) is 24.8 Å². The molecule has 1 aliphatic heterocycles. The number of aromatic carboxylic acids is 1. The van der Waals surface area contributed by atoms with Gasteiger partial charge in [-0.3, -0.25) is 9.63 Å². The van der Waals surface area contributed by atoms with Crippen molar-refractivity contribution in [3.63, 3.8) is 0 Å². The Hall–Kier alpha value is -1.91. The summed E-state index contributed by atoms with van der Waals surface area (Å²) >= 11 is 0. The molecule has 1 aromatic heterocycles. The third-order valence-corrected chi connectivity index (χ3v) is 4.63. The molecule has 1 aromatic rings. The van der Waals surface area contributed by atoms with Crippen LogP contribution >= 0.6 is 0 Å². The van der Waals surface area contributed by atoms with E-state index in [1.54, 1.807) is 0 Å². The zero-order chi connectivity index (χ0) is 15.1. The average molecular weight is 303 g/mol. The van der Waals surface area contributed by atoms with Crippen molar-refractivity contribution in [2.24, 2.45) is 0 Å². The predicted molar refractivity (Wildman–Crippen MR) is 65.4 cm³/mol. The fourth-order valence-electron chi connectivity index (χ4n) is 2.03. The van der Waals surface area contributed by atoms with Gasteiger partial charge in [0.1, 0.15) is 23.2 Å². The van der Waals surface area contributed by atoms with Crippen molar-refractivity contribution in [3.8, 4) is 0 Å². The fourth-order valence-corrected chi connectivity index (χ4v) is 3.65. The molecule has 2 heterocycles. The van der Waals surface area contributed by atoms with Gasteiger partial charge in [0.25, 0.3) is 5.91 Å². The van der Waals surface area contributed by atoms with Crippen LogP contribution in [0.15, 0.2) is 4.90 Å². The summed E-state index contributed by atoms with van der Waals surface area (Å²) in [6.07, 6.45) is 0. The number of aromatic nitrogens is 1. The first kappa shape index (κ1) is 14.5. The van der Waals surface area contributed by atoms with E-state index in [1.807, 2.05) is 5.48 Å². The van der Waals surface area contributed by atoms with Gasteiger partial charge in [-0.05, 0) is 13.8 Å². The Labute approximate surface area is 114 Å². The van der Waals surface area contributed by atoms with Crippen molar-refractivity contribution in [2.75, 3.05) is 6.61 Å². The number of carboxylic acids is 1. The van der Waals surface area contributed by atoms with Crippen molar-refractivity contribution in [1.29, 1.82) is 0 Å². The quantitative estimate of drug-likeness (QED) is 0.565. The Morgan fingerprint density at radius 3 is 2.55 bits per heavy atom. The van der Waals surface area contributed by atoms with Gasteiger partial charge in [-0.2, -0.15) is 4.72 Å². The third-order valence-electron chi connectivity index (χ3n) is 2.89. The summed E-state index contributed by atoms with van der Waals surface area (Å²) in [6, 6.07) is -1.04. The largest absolute Gasteiger partial charge is 0.477 e. The molecule has 0 unspecified atom stereocenters. The van der Waals surface area contributed by atoms with Crippen molar-refractivity contribution >= 4 is 21.9 Å². The summed E-state index contributed by atoms with van der Waals surface area (Å²) in [5.74, 6) is -1.85. The Morgan fingerprint density at radius 2 is 2.10 bits per heavy atom. The summed E-state index contributed by atoms with van der Waals surface area (Å²) in [5.41, 5.74) is 2.10. The smallest absolute Gasteiger partial charge is 0.352 e. The first-order valence-corrected chi connectivity index (χ1v) is 7.08. The van der Waals surface area contributed by atoms with E-state index in [-0.39, 0.29) is 28.5 Å². The maximum atomic E-state index is 12.3. The second-order valence-electron chi connectivity index (χ2n) is 4.34. The number of rotatable bonds is 4. The molecule has 20 heavy (non-hydrogen) atoms. The molecule has 110 valence electrons. The van der Waals surface area contributed by atoms with Crippen LogP contribution in [0.4, 0.5) is 0 Å². The Bertz CT molecular complexity index is 677. The minimum atomic E-state index is -4.04. The number of carbonyl (C=O) groups excluding carboxylic acids is 1. The molecule has 2 rings (SSSR count). The van der Waals surface area contributed by atoms with Crippen LogP contribution in [-0.2, 0) is 19.7 Å². The minimum absolute atomic E-state index is 0.0850. The summed E-state index contributed by atoms with van der Waals surface area (Å²) in [6.45, 7) is 2.69. The second kappa shape index (κ2) is 4.89. The van der Waals surface area contributed by atoms with E-state index >= 15 is 0 Å². The number of nitrogens with one attached hydrogen (secondary N) is 3. The summed E-state index contributed by atoms with van der Waals surface area (Å²) in [4.78, 5) is 29.2. The van der Waals surface area contributed by atoms with Gasteiger partial charge in [0, 0.05) is 11.3 Å². The number of hydrogen-bond acceptors (Lipinski definition) is 5. The van der Waals surface area contributed by atoms with Crippen LogP contribution in [0, 0.1) is 13.8 Å². The normalized spacial score (nSPS) is 19.1. The lowest BCUT2D eigenvalue weighted by Gasteiger charge is -2.10. The van der Waals surface area contributed by atoms with Crippen LogP contribution in [0.3, 0.4) is 0 Å². The highest BCUT2D eigenvalue weighted by Gasteiger charge is 2.33. The standard InChI is InChI=1S/C10H13N3O6S/c1-4-7(10(15)16)11-5(2)8(4)20(17,18)13-6-3-19-12-9(6)14/h6,11,13H,3H2,1-2H3,(H,12,14)(H,15,16)/t6-/m1/s1. The van der Waals surface area contributed by atoms with Gasteiger partial charge < -0.3 is 10.1 Å². The maximum Gasteiger partial charge on any atom is 0.352 e. The van der Waals surface area contributed by atoms with E-state index in [0.717, 1.165) is 0 Å². The molecule has 10 heteroatoms. The van der Waals surface area contributed by atoms with E-state index in [1.165, 1.54) is 13.8 Å². The molecule has 1 amide bonds. The molecule has 0 aromatic carbocycles. The lowest BCUT2D eigenvalue weighted by atomic mass is 10.2. The van der Waals surface area contributed by atoms with Crippen LogP contribution in [0.5, 0.6) is 0 Å². The predicted octanol–water partition coefficient (Wildman–Crippen LogP) is -0.962. The molecule has 0 spiro atoms. The van der Waals surface area contributed by atoms with Gasteiger partial charge in [-0.25, -0.2) is 18.7 Å². The summed E-state index contributed by atoms with van der Waals surface area (Å²) in [5, 5.41) is 8.96. The monoisotopic (exact) mass is 303 g/mol. The van der Waals surface area contributed by atoms with Gasteiger partial charge in [0.2, 0.25) is 10.0 Å². The van der Waals surface area contributed by atoms with Crippen LogP contribution in [0.2, 0.25) is 0 Å². The highest BCUT2D eigenvalue weighted by atomic mass is 32.2. The van der Waals surface area contributed by atoms with Crippen LogP contribution in [-0.4, -0.2) is 43.0 Å². The van der Waals surface area contributed by atoms with Crippen LogP contribution in [0.1, 0.15) is 21.7 Å². The number of sulfonamides is 1. The number of H-pyrrole nitrogens is 1. The lowest BCUT2D eigenvalue weighted by molar-refractivity contribution is -0.124. The number of amides is 1. The van der Waals surface area contributed by atoms with E-state index in [9.17, 15) is 18.0 Å². The summed E-state index contributed by atoms with van der Waals surface area (Å²) < 4.78 is 26.7. The van der Waals surface area contributed by atoms with Gasteiger partial charge in [-0.15, -0.1) is 0 Å². The molecule has 0 radical (unpaired) electrons. The zero-order valence-corrected chi connectivity index (χ0v) is 11.5. The molecule has 1 fully saturated rings. The van der Waals surface area contributed by atoms with Crippen molar-refractivity contribution in [3.05, 3.63) is 17.0 Å². The molecular weight excluding hydrogens is 290 g/mol. The molecule has 0 saturated carbocycles. The molecule has 1 atom stereocenters. The van der Waals surface area contributed by atoms with Crippen LogP contribution in [0.25, 0.3) is 0 Å². The van der Waals surface area contributed by atoms with Crippen LogP contribution < -0.4 is 10.2 Å². The van der Waals surface area contributed by atoms with Gasteiger partial charge in [0.15, 0.2) is 0 Å². The highest BCUT2D eigenvalue weighted by molar-refractivity contribution is 7.89. The van der Waals surface area contributed by atoms with E-state index < -0.39 is 27.9 Å². The van der Waals surface area contributed by atoms with E-state index in [4.69, 9.17) is 5.11 Å².